The van der Waals surface area contributed by atoms with Gasteiger partial charge in [0.05, 0.1) is 0 Å². The second-order valence-electron chi connectivity index (χ2n) is 8.22. The number of amides is 2. The highest BCUT2D eigenvalue weighted by Crippen LogP contribution is 2.26. The lowest BCUT2D eigenvalue weighted by atomic mass is 10.1. The summed E-state index contributed by atoms with van der Waals surface area (Å²) >= 11 is 0. The lowest BCUT2D eigenvalue weighted by molar-refractivity contribution is -0.0412. The van der Waals surface area contributed by atoms with Crippen molar-refractivity contribution in [1.82, 2.24) is 35.5 Å². The second-order valence-corrected chi connectivity index (χ2v) is 10.8. The fourth-order valence-corrected chi connectivity index (χ4v) is 3.40. The number of hydrogen-bond acceptors (Lipinski definition) is 8. The number of nitrogens with zero attached hydrogens (tertiary/aromatic N) is 4. The van der Waals surface area contributed by atoms with Gasteiger partial charge in [-0.05, 0) is 49.5 Å². The molecule has 39 heavy (non-hydrogen) atoms. The van der Waals surface area contributed by atoms with Crippen molar-refractivity contribution in [2.75, 3.05) is 19.6 Å². The molecule has 18 heteroatoms. The molecular weight excluding hydrogens is 593 g/mol. The van der Waals surface area contributed by atoms with Gasteiger partial charge in [0.2, 0.25) is 0 Å². The molecule has 0 spiro atoms. The fourth-order valence-electron chi connectivity index (χ4n) is 3.40. The summed E-state index contributed by atoms with van der Waals surface area (Å²) in [5, 5.41) is 12.9. The Bertz CT molecular complexity index is 1430. The molecule has 0 saturated carbocycles. The Kier molecular flexibility index (Phi) is 11.0. The zero-order valence-electron chi connectivity index (χ0n) is 20.1. The number of rotatable bonds is 6. The van der Waals surface area contributed by atoms with Crippen LogP contribution in [-0.2, 0) is 15.6 Å². The van der Waals surface area contributed by atoms with E-state index in [1.807, 2.05) is 0 Å². The van der Waals surface area contributed by atoms with Crippen molar-refractivity contribution in [3.8, 4) is 0 Å². The van der Waals surface area contributed by atoms with Crippen LogP contribution < -0.4 is 16.0 Å². The van der Waals surface area contributed by atoms with Gasteiger partial charge in [0, 0.05) is 29.8 Å². The van der Waals surface area contributed by atoms with E-state index in [2.05, 4.69) is 41.7 Å². The van der Waals surface area contributed by atoms with Crippen LogP contribution in [-0.4, -0.2) is 65.0 Å². The predicted molar refractivity (Wildman–Crippen MR) is 134 cm³/mol. The molecule has 2 amide bonds. The average molecular weight is 616 g/mol. The summed E-state index contributed by atoms with van der Waals surface area (Å²) < 4.78 is 65.8. The zero-order chi connectivity index (χ0) is 28.1. The number of halogens is 6. The molecule has 1 fully saturated rings. The van der Waals surface area contributed by atoms with Gasteiger partial charge in [0.1, 0.15) is 23.5 Å². The average Bonchev–Trinajstić information content (AvgIpc) is 3.53. The molecule has 3 heterocycles. The number of aryl methyl sites for hydroxylation is 1. The number of carbonyl (C=O) groups is 2. The molecule has 0 unspecified atom stereocenters. The van der Waals surface area contributed by atoms with Gasteiger partial charge >= 0.3 is 14.6 Å². The zero-order valence-corrected chi connectivity index (χ0v) is 22.5. The summed E-state index contributed by atoms with van der Waals surface area (Å²) in [6.07, 6.45) is 2.29. The van der Waals surface area contributed by atoms with Crippen molar-refractivity contribution in [3.05, 3.63) is 58.9 Å². The molecular formula is C21H23Cl2F4N7O4S. The fraction of sp³-hybridized carbons (Fsp3) is 0.381. The van der Waals surface area contributed by atoms with Crippen LogP contribution in [0.15, 0.2) is 30.6 Å². The number of fused-ring (bicyclic) bond motifs is 1. The van der Waals surface area contributed by atoms with Crippen molar-refractivity contribution in [2.24, 2.45) is 5.92 Å². The SMILES string of the molecule is Cc1cc(CNC(=O)c2cc(C(=O)NC[C@H]3CCNC3)n3ncnc3n2)ccc1F.Cl.O=S(=O)(Cl)C(F)(F)F. The Hall–Kier alpha value is -3.08. The molecule has 1 saturated heterocycles. The topological polar surface area (TPSA) is 147 Å². The van der Waals surface area contributed by atoms with Crippen molar-refractivity contribution >= 4 is 49.7 Å². The molecule has 1 aliphatic rings. The van der Waals surface area contributed by atoms with Crippen LogP contribution in [0.2, 0.25) is 0 Å². The Labute approximate surface area is 230 Å². The third-order valence-electron chi connectivity index (χ3n) is 5.38. The summed E-state index contributed by atoms with van der Waals surface area (Å²) in [5.41, 5.74) is -3.82. The molecule has 0 radical (unpaired) electrons. The van der Waals surface area contributed by atoms with Crippen LogP contribution in [0.1, 0.15) is 38.5 Å². The van der Waals surface area contributed by atoms with Crippen LogP contribution in [0, 0.1) is 18.7 Å². The van der Waals surface area contributed by atoms with Crippen LogP contribution in [0.25, 0.3) is 5.78 Å². The number of hydrogen-bond donors (Lipinski definition) is 3. The first-order valence-electron chi connectivity index (χ1n) is 11.0. The van der Waals surface area contributed by atoms with E-state index in [0.29, 0.717) is 18.0 Å². The maximum atomic E-state index is 13.4. The molecule has 1 aromatic carbocycles. The smallest absolute Gasteiger partial charge is 0.350 e. The number of aromatic nitrogens is 4. The molecule has 214 valence electrons. The highest BCUT2D eigenvalue weighted by atomic mass is 35.7. The van der Waals surface area contributed by atoms with Gasteiger partial charge in [-0.25, -0.2) is 17.8 Å². The lowest BCUT2D eigenvalue weighted by Crippen LogP contribution is -2.32. The molecule has 3 N–H and O–H groups in total. The molecule has 3 aromatic rings. The first-order chi connectivity index (χ1) is 17.8. The first-order valence-corrected chi connectivity index (χ1v) is 13.3. The Morgan fingerprint density at radius 1 is 1.21 bits per heavy atom. The van der Waals surface area contributed by atoms with E-state index in [4.69, 9.17) is 0 Å². The van der Waals surface area contributed by atoms with Crippen molar-refractivity contribution < 1.29 is 35.6 Å². The highest BCUT2D eigenvalue weighted by molar-refractivity contribution is 8.14. The van der Waals surface area contributed by atoms with E-state index in [9.17, 15) is 35.6 Å². The standard InChI is InChI=1S/C20H22FN7O2.CClF3O2S.ClH/c1-12-6-13(2-3-15(12)21)9-23-18(29)16-7-17(28-20(27-16)25-11-26-28)19(30)24-10-14-4-5-22-8-14;2-8(6,7)1(3,4)5;/h2-3,6-7,11,14,22H,4-5,8-10H2,1H3,(H,23,29)(H,24,30);;1H/t14-;;/m0../s1. The molecule has 0 bridgehead atoms. The minimum absolute atomic E-state index is 0. The van der Waals surface area contributed by atoms with Gasteiger partial charge < -0.3 is 16.0 Å². The van der Waals surface area contributed by atoms with E-state index in [0.717, 1.165) is 25.1 Å². The van der Waals surface area contributed by atoms with E-state index < -0.39 is 20.5 Å². The molecule has 2 aromatic heterocycles. The van der Waals surface area contributed by atoms with Gasteiger partial charge in [-0.15, -0.1) is 12.4 Å². The maximum absolute atomic E-state index is 13.4. The summed E-state index contributed by atoms with van der Waals surface area (Å²) in [4.78, 5) is 33.6. The van der Waals surface area contributed by atoms with E-state index in [1.165, 1.54) is 23.0 Å². The largest absolute Gasteiger partial charge is 0.511 e. The van der Waals surface area contributed by atoms with Gasteiger partial charge in [-0.2, -0.15) is 27.8 Å². The minimum atomic E-state index is -5.37. The first kappa shape index (κ1) is 32.1. The number of carbonyl (C=O) groups excluding carboxylic acids is 2. The monoisotopic (exact) mass is 615 g/mol. The third kappa shape index (κ3) is 8.71. The molecule has 4 rings (SSSR count). The molecule has 1 atom stereocenters. The van der Waals surface area contributed by atoms with Crippen LogP contribution in [0.4, 0.5) is 17.6 Å². The van der Waals surface area contributed by atoms with Crippen molar-refractivity contribution in [1.29, 1.82) is 0 Å². The highest BCUT2D eigenvalue weighted by Gasteiger charge is 2.44. The maximum Gasteiger partial charge on any atom is 0.511 e. The van der Waals surface area contributed by atoms with Crippen LogP contribution in [0.3, 0.4) is 0 Å². The van der Waals surface area contributed by atoms with E-state index >= 15 is 0 Å². The minimum Gasteiger partial charge on any atom is -0.350 e. The van der Waals surface area contributed by atoms with Gasteiger partial charge in [0.15, 0.2) is 0 Å². The van der Waals surface area contributed by atoms with Crippen molar-refractivity contribution in [3.63, 3.8) is 0 Å². The lowest BCUT2D eigenvalue weighted by Gasteiger charge is -2.11. The molecule has 11 nitrogen and oxygen atoms in total. The van der Waals surface area contributed by atoms with Crippen LogP contribution >= 0.6 is 23.1 Å². The van der Waals surface area contributed by atoms with Crippen molar-refractivity contribution in [2.45, 2.75) is 25.4 Å². The Morgan fingerprint density at radius 3 is 2.49 bits per heavy atom. The summed E-state index contributed by atoms with van der Waals surface area (Å²) in [7, 11) is -1.51. The number of alkyl halides is 3. The number of benzene rings is 1. The third-order valence-corrected chi connectivity index (χ3v) is 6.46. The second kappa shape index (κ2) is 13.3. The summed E-state index contributed by atoms with van der Waals surface area (Å²) in [5.74, 6) is -0.565. The van der Waals surface area contributed by atoms with E-state index in [1.54, 1.807) is 19.1 Å². The molecule has 1 aliphatic heterocycles. The Balaban J connectivity index is 0.000000519. The van der Waals surface area contributed by atoms with Crippen LogP contribution in [0.5, 0.6) is 0 Å². The Morgan fingerprint density at radius 2 is 1.90 bits per heavy atom. The predicted octanol–water partition coefficient (Wildman–Crippen LogP) is 2.34. The molecule has 0 aliphatic carbocycles. The van der Waals surface area contributed by atoms with E-state index in [-0.39, 0.29) is 47.8 Å². The van der Waals surface area contributed by atoms with Gasteiger partial charge in [0.25, 0.3) is 17.6 Å². The summed E-state index contributed by atoms with van der Waals surface area (Å²) in [6.45, 7) is 4.21. The normalized spacial score (nSPS) is 15.2. The number of nitrogens with one attached hydrogen (secondary N) is 3. The summed E-state index contributed by atoms with van der Waals surface area (Å²) in [6, 6.07) is 6.03. The quantitative estimate of drug-likeness (QED) is 0.283. The van der Waals surface area contributed by atoms with Gasteiger partial charge in [-0.3, -0.25) is 9.59 Å². The van der Waals surface area contributed by atoms with Gasteiger partial charge in [-0.1, -0.05) is 12.1 Å².